The second-order valence-corrected chi connectivity index (χ2v) is 5.14. The maximum atomic E-state index is 11.7. The summed E-state index contributed by atoms with van der Waals surface area (Å²) in [6.45, 7) is 5.54. The van der Waals surface area contributed by atoms with Crippen LogP contribution < -0.4 is 5.32 Å². The van der Waals surface area contributed by atoms with Gasteiger partial charge in [-0.25, -0.2) is 4.79 Å². The molecule has 0 aliphatic carbocycles. The molecule has 4 heteroatoms. The molecule has 0 fully saturated rings. The van der Waals surface area contributed by atoms with Gasteiger partial charge in [0.1, 0.15) is 6.04 Å². The van der Waals surface area contributed by atoms with E-state index in [0.29, 0.717) is 0 Å². The summed E-state index contributed by atoms with van der Waals surface area (Å²) in [5.41, 5.74) is 2.20. The molecule has 108 valence electrons. The molecule has 0 saturated carbocycles. The monoisotopic (exact) mass is 275 g/mol. The van der Waals surface area contributed by atoms with Crippen molar-refractivity contribution in [3.05, 3.63) is 41.5 Å². The molecule has 0 heterocycles. The largest absolute Gasteiger partial charge is 0.480 e. The molecule has 1 aromatic carbocycles. The molecule has 0 unspecified atom stereocenters. The first-order valence-corrected chi connectivity index (χ1v) is 6.65. The second kappa shape index (κ2) is 7.48. The van der Waals surface area contributed by atoms with Gasteiger partial charge in [0.25, 0.3) is 0 Å². The second-order valence-electron chi connectivity index (χ2n) is 5.14. The molecule has 0 bridgehead atoms. The highest BCUT2D eigenvalue weighted by atomic mass is 16.4. The van der Waals surface area contributed by atoms with E-state index in [0.717, 1.165) is 5.56 Å². The van der Waals surface area contributed by atoms with Crippen LogP contribution in [-0.4, -0.2) is 23.0 Å². The highest BCUT2D eigenvalue weighted by Crippen LogP contribution is 2.06. The Morgan fingerprint density at radius 2 is 1.85 bits per heavy atom. The summed E-state index contributed by atoms with van der Waals surface area (Å²) < 4.78 is 0. The number of hydrogen-bond donors (Lipinski definition) is 2. The fourth-order valence-electron chi connectivity index (χ4n) is 1.73. The van der Waals surface area contributed by atoms with E-state index in [2.05, 4.69) is 5.32 Å². The lowest BCUT2D eigenvalue weighted by Gasteiger charge is -2.17. The molecule has 0 radical (unpaired) electrons. The van der Waals surface area contributed by atoms with Crippen molar-refractivity contribution < 1.29 is 14.7 Å². The number of aliphatic carboxylic acids is 1. The molecular formula is C16H21NO3. The number of carboxylic acids is 1. The number of benzene rings is 1. The fraction of sp³-hybridized carbons (Fsp3) is 0.375. The molecule has 0 spiro atoms. The molecule has 1 amide bonds. The average molecular weight is 275 g/mol. The zero-order valence-corrected chi connectivity index (χ0v) is 12.1. The Kier molecular flexibility index (Phi) is 5.97. The van der Waals surface area contributed by atoms with Crippen molar-refractivity contribution in [2.45, 2.75) is 33.2 Å². The first kappa shape index (κ1) is 16.0. The van der Waals surface area contributed by atoms with Gasteiger partial charge in [0, 0.05) is 6.42 Å². The highest BCUT2D eigenvalue weighted by molar-refractivity contribution is 5.84. The van der Waals surface area contributed by atoms with Gasteiger partial charge in [-0.05, 0) is 18.4 Å². The van der Waals surface area contributed by atoms with E-state index in [9.17, 15) is 9.59 Å². The third-order valence-corrected chi connectivity index (χ3v) is 2.94. The molecular weight excluding hydrogens is 254 g/mol. The van der Waals surface area contributed by atoms with Crippen molar-refractivity contribution in [2.75, 3.05) is 0 Å². The predicted octanol–water partition coefficient (Wildman–Crippen LogP) is 2.62. The summed E-state index contributed by atoms with van der Waals surface area (Å²) in [5, 5.41) is 11.5. The lowest BCUT2D eigenvalue weighted by atomic mass is 10.0. The summed E-state index contributed by atoms with van der Waals surface area (Å²) in [4.78, 5) is 22.7. The van der Waals surface area contributed by atoms with E-state index < -0.39 is 12.0 Å². The number of carbonyl (C=O) groups is 2. The highest BCUT2D eigenvalue weighted by Gasteiger charge is 2.22. The zero-order chi connectivity index (χ0) is 15.1. The van der Waals surface area contributed by atoms with Gasteiger partial charge in [0.15, 0.2) is 0 Å². The number of hydrogen-bond acceptors (Lipinski definition) is 2. The van der Waals surface area contributed by atoms with Gasteiger partial charge in [-0.15, -0.1) is 0 Å². The van der Waals surface area contributed by atoms with Gasteiger partial charge in [-0.2, -0.15) is 0 Å². The van der Waals surface area contributed by atoms with Crippen LogP contribution in [-0.2, 0) is 9.59 Å². The van der Waals surface area contributed by atoms with Gasteiger partial charge in [-0.3, -0.25) is 4.79 Å². The van der Waals surface area contributed by atoms with Crippen LogP contribution in [0.5, 0.6) is 0 Å². The smallest absolute Gasteiger partial charge is 0.326 e. The third-order valence-electron chi connectivity index (χ3n) is 2.94. The summed E-state index contributed by atoms with van der Waals surface area (Å²) in [7, 11) is 0. The molecule has 4 nitrogen and oxygen atoms in total. The van der Waals surface area contributed by atoms with E-state index in [1.54, 1.807) is 19.9 Å². The Bertz CT molecular complexity index is 489. The SMILES string of the molecule is Cc1ccc(/C=C/CC(=O)N[C@@H](C(=O)O)C(C)C)cc1. The van der Waals surface area contributed by atoms with Crippen LogP contribution in [0.3, 0.4) is 0 Å². The van der Waals surface area contributed by atoms with Crippen molar-refractivity contribution in [3.63, 3.8) is 0 Å². The Morgan fingerprint density at radius 1 is 1.25 bits per heavy atom. The molecule has 20 heavy (non-hydrogen) atoms. The number of rotatable bonds is 6. The first-order valence-electron chi connectivity index (χ1n) is 6.65. The first-order chi connectivity index (χ1) is 9.40. The number of nitrogens with one attached hydrogen (secondary N) is 1. The fourth-order valence-corrected chi connectivity index (χ4v) is 1.73. The number of amides is 1. The van der Waals surface area contributed by atoms with Crippen LogP contribution in [0.2, 0.25) is 0 Å². The quantitative estimate of drug-likeness (QED) is 0.838. The summed E-state index contributed by atoms with van der Waals surface area (Å²) in [5.74, 6) is -1.43. The summed E-state index contributed by atoms with van der Waals surface area (Å²) in [6, 6.07) is 7.10. The maximum absolute atomic E-state index is 11.7. The van der Waals surface area contributed by atoms with Crippen LogP contribution in [0.4, 0.5) is 0 Å². The molecule has 2 N–H and O–H groups in total. The van der Waals surface area contributed by atoms with Crippen molar-refractivity contribution >= 4 is 18.0 Å². The third kappa shape index (κ3) is 5.26. The van der Waals surface area contributed by atoms with Crippen molar-refractivity contribution in [1.29, 1.82) is 0 Å². The predicted molar refractivity (Wildman–Crippen MR) is 79.2 cm³/mol. The lowest BCUT2D eigenvalue weighted by Crippen LogP contribution is -2.44. The standard InChI is InChI=1S/C16H21NO3/c1-11(2)15(16(19)20)17-14(18)6-4-5-13-9-7-12(3)8-10-13/h4-5,7-11,15H,6H2,1-3H3,(H,17,18)(H,19,20)/b5-4+/t15-/m1/s1. The van der Waals surface area contributed by atoms with Crippen molar-refractivity contribution in [2.24, 2.45) is 5.92 Å². The van der Waals surface area contributed by atoms with E-state index in [1.165, 1.54) is 5.56 Å². The van der Waals surface area contributed by atoms with Gasteiger partial charge in [0.2, 0.25) is 5.91 Å². The maximum Gasteiger partial charge on any atom is 0.326 e. The minimum Gasteiger partial charge on any atom is -0.480 e. The van der Waals surface area contributed by atoms with Gasteiger partial charge >= 0.3 is 5.97 Å². The Labute approximate surface area is 119 Å². The number of aryl methyl sites for hydroxylation is 1. The Morgan fingerprint density at radius 3 is 2.35 bits per heavy atom. The minimum absolute atomic E-state index is 0.141. The summed E-state index contributed by atoms with van der Waals surface area (Å²) in [6.07, 6.45) is 3.76. The van der Waals surface area contributed by atoms with Gasteiger partial charge < -0.3 is 10.4 Å². The Balaban J connectivity index is 2.50. The van der Waals surface area contributed by atoms with Crippen molar-refractivity contribution in [1.82, 2.24) is 5.32 Å². The van der Waals surface area contributed by atoms with Gasteiger partial charge in [-0.1, -0.05) is 55.8 Å². The zero-order valence-electron chi connectivity index (χ0n) is 12.1. The molecule has 0 aliphatic rings. The average Bonchev–Trinajstić information content (AvgIpc) is 2.37. The summed E-state index contributed by atoms with van der Waals surface area (Å²) >= 11 is 0. The van der Waals surface area contributed by atoms with E-state index >= 15 is 0 Å². The van der Waals surface area contributed by atoms with E-state index in [-0.39, 0.29) is 18.2 Å². The van der Waals surface area contributed by atoms with E-state index in [1.807, 2.05) is 37.3 Å². The van der Waals surface area contributed by atoms with Crippen LogP contribution in [0.1, 0.15) is 31.4 Å². The minimum atomic E-state index is -1.00. The number of carbonyl (C=O) groups excluding carboxylic acids is 1. The van der Waals surface area contributed by atoms with E-state index in [4.69, 9.17) is 5.11 Å². The van der Waals surface area contributed by atoms with Crippen LogP contribution in [0.25, 0.3) is 6.08 Å². The topological polar surface area (TPSA) is 66.4 Å². The molecule has 0 saturated heterocycles. The molecule has 1 aromatic rings. The molecule has 0 aromatic heterocycles. The van der Waals surface area contributed by atoms with Crippen LogP contribution in [0, 0.1) is 12.8 Å². The molecule has 0 aliphatic heterocycles. The number of carboxylic acid groups (broad SMARTS) is 1. The van der Waals surface area contributed by atoms with Gasteiger partial charge in [0.05, 0.1) is 0 Å². The molecule has 1 atom stereocenters. The Hall–Kier alpha value is -2.10. The normalized spacial score (nSPS) is 12.6. The molecule has 1 rings (SSSR count). The lowest BCUT2D eigenvalue weighted by molar-refractivity contribution is -0.143. The van der Waals surface area contributed by atoms with Crippen molar-refractivity contribution in [3.8, 4) is 0 Å². The van der Waals surface area contributed by atoms with Crippen LogP contribution in [0.15, 0.2) is 30.3 Å². The van der Waals surface area contributed by atoms with Crippen LogP contribution >= 0.6 is 0 Å².